The Morgan fingerprint density at radius 2 is 1.67 bits per heavy atom. The van der Waals surface area contributed by atoms with Gasteiger partial charge < -0.3 is 9.84 Å². The van der Waals surface area contributed by atoms with Crippen LogP contribution in [-0.2, 0) is 21.7 Å². The number of carbonyl (C=O) groups is 1. The number of rotatable bonds is 7. The van der Waals surface area contributed by atoms with Crippen molar-refractivity contribution in [2.45, 2.75) is 12.1 Å². The number of likely N-dealkylation sites (tertiary alicyclic amines) is 1. The molecule has 1 aromatic heterocycles. The Balaban J connectivity index is 1.20. The second-order valence-corrected chi connectivity index (χ2v) is 9.14. The molecule has 1 aliphatic carbocycles. The zero-order valence-corrected chi connectivity index (χ0v) is 17.5. The third kappa shape index (κ3) is 3.58. The molecule has 4 nitrogen and oxygen atoms in total. The summed E-state index contributed by atoms with van der Waals surface area (Å²) in [5.74, 6) is 1.00. The molecule has 0 radical (unpaired) electrons. The van der Waals surface area contributed by atoms with Gasteiger partial charge in [-0.05, 0) is 39.8 Å². The van der Waals surface area contributed by atoms with Crippen molar-refractivity contribution in [3.05, 3.63) is 94.2 Å². The first kappa shape index (κ1) is 19.5. The maximum Gasteiger partial charge on any atom is 0.347 e. The van der Waals surface area contributed by atoms with Crippen LogP contribution in [0, 0.1) is 17.8 Å². The Morgan fingerprint density at radius 3 is 2.30 bits per heavy atom. The average molecular weight is 420 g/mol. The van der Waals surface area contributed by atoms with Crippen LogP contribution in [0.25, 0.3) is 0 Å². The summed E-state index contributed by atoms with van der Waals surface area (Å²) in [5, 5.41) is 15.0. The minimum absolute atomic E-state index is 0.382. The highest BCUT2D eigenvalue weighted by atomic mass is 32.1. The lowest BCUT2D eigenvalue weighted by Gasteiger charge is -2.26. The number of aliphatic hydroxyl groups is 1. The van der Waals surface area contributed by atoms with Gasteiger partial charge in [-0.25, -0.2) is 4.79 Å². The summed E-state index contributed by atoms with van der Waals surface area (Å²) in [7, 11) is 0. The first-order valence-corrected chi connectivity index (χ1v) is 11.3. The van der Waals surface area contributed by atoms with Gasteiger partial charge >= 0.3 is 5.97 Å². The zero-order chi connectivity index (χ0) is 20.6. The van der Waals surface area contributed by atoms with Crippen LogP contribution < -0.4 is 0 Å². The number of thiophene rings is 1. The van der Waals surface area contributed by atoms with Crippen molar-refractivity contribution >= 4 is 17.3 Å². The van der Waals surface area contributed by atoms with E-state index in [2.05, 4.69) is 29.2 Å². The molecule has 2 fully saturated rings. The molecule has 2 aromatic carbocycles. The molecule has 1 aliphatic heterocycles. The molecule has 5 heteroatoms. The summed E-state index contributed by atoms with van der Waals surface area (Å²) in [6.07, 6.45) is 0. The standard InChI is InChI=1S/C25H25NO3S/c27-24(25(28,20-11-12-30-17-20)19-9-5-2-6-10-19)29-16-23-21-14-26(15-22(21)23)13-18-7-3-1-4-8-18/h1-12,17,21-23,28H,13-16H2. The zero-order valence-electron chi connectivity index (χ0n) is 16.7. The fourth-order valence-electron chi connectivity index (χ4n) is 4.78. The molecule has 1 saturated carbocycles. The van der Waals surface area contributed by atoms with E-state index in [1.807, 2.05) is 35.0 Å². The topological polar surface area (TPSA) is 49.8 Å². The fourth-order valence-corrected chi connectivity index (χ4v) is 5.48. The fraction of sp³-hybridized carbons (Fsp3) is 0.320. The molecule has 0 amide bonds. The van der Waals surface area contributed by atoms with Crippen molar-refractivity contribution in [3.63, 3.8) is 0 Å². The first-order chi connectivity index (χ1) is 14.7. The van der Waals surface area contributed by atoms with E-state index in [1.54, 1.807) is 18.2 Å². The Labute approximate surface area is 180 Å². The molecule has 5 rings (SSSR count). The summed E-state index contributed by atoms with van der Waals surface area (Å²) >= 11 is 1.46. The van der Waals surface area contributed by atoms with Gasteiger partial charge in [0.05, 0.1) is 6.61 Å². The predicted molar refractivity (Wildman–Crippen MR) is 117 cm³/mol. The van der Waals surface area contributed by atoms with Crippen LogP contribution in [0.5, 0.6) is 0 Å². The monoisotopic (exact) mass is 419 g/mol. The number of ether oxygens (including phenoxy) is 1. The maximum absolute atomic E-state index is 13.0. The molecule has 0 bridgehead atoms. The average Bonchev–Trinajstić information content (AvgIpc) is 3.17. The van der Waals surface area contributed by atoms with Gasteiger partial charge in [-0.2, -0.15) is 11.3 Å². The van der Waals surface area contributed by atoms with Gasteiger partial charge in [0.15, 0.2) is 0 Å². The van der Waals surface area contributed by atoms with Crippen molar-refractivity contribution in [3.8, 4) is 0 Å². The van der Waals surface area contributed by atoms with Gasteiger partial charge in [0.25, 0.3) is 0 Å². The number of nitrogens with zero attached hydrogens (tertiary/aromatic N) is 1. The third-order valence-electron chi connectivity index (χ3n) is 6.53. The number of esters is 1. The van der Waals surface area contributed by atoms with Crippen LogP contribution in [0.2, 0.25) is 0 Å². The molecule has 1 saturated heterocycles. The molecule has 3 unspecified atom stereocenters. The summed E-state index contributed by atoms with van der Waals surface area (Å²) in [4.78, 5) is 15.5. The molecule has 3 aromatic rings. The molecular weight excluding hydrogens is 394 g/mol. The molecule has 3 atom stereocenters. The normalized spacial score (nSPS) is 24.8. The van der Waals surface area contributed by atoms with Crippen LogP contribution in [0.4, 0.5) is 0 Å². The smallest absolute Gasteiger partial charge is 0.347 e. The van der Waals surface area contributed by atoms with Crippen molar-refractivity contribution < 1.29 is 14.6 Å². The quantitative estimate of drug-likeness (QED) is 0.590. The number of hydrogen-bond donors (Lipinski definition) is 1. The lowest BCUT2D eigenvalue weighted by atomic mass is 9.88. The predicted octanol–water partition coefficient (Wildman–Crippen LogP) is 3.91. The van der Waals surface area contributed by atoms with E-state index in [9.17, 15) is 9.90 Å². The lowest BCUT2D eigenvalue weighted by Crippen LogP contribution is -2.38. The third-order valence-corrected chi connectivity index (χ3v) is 7.21. The summed E-state index contributed by atoms with van der Waals surface area (Å²) in [5.41, 5.74) is 0.683. The van der Waals surface area contributed by atoms with Gasteiger partial charge in [-0.3, -0.25) is 4.90 Å². The molecule has 2 heterocycles. The van der Waals surface area contributed by atoms with Gasteiger partial charge in [0.1, 0.15) is 0 Å². The van der Waals surface area contributed by atoms with Crippen molar-refractivity contribution in [2.24, 2.45) is 17.8 Å². The maximum atomic E-state index is 13.0. The van der Waals surface area contributed by atoms with Gasteiger partial charge in [-0.1, -0.05) is 60.7 Å². The van der Waals surface area contributed by atoms with E-state index in [-0.39, 0.29) is 0 Å². The number of benzene rings is 2. The van der Waals surface area contributed by atoms with E-state index < -0.39 is 11.6 Å². The van der Waals surface area contributed by atoms with Crippen molar-refractivity contribution in [1.82, 2.24) is 4.90 Å². The van der Waals surface area contributed by atoms with Gasteiger partial charge in [0.2, 0.25) is 5.60 Å². The molecule has 30 heavy (non-hydrogen) atoms. The molecule has 2 aliphatic rings. The summed E-state index contributed by atoms with van der Waals surface area (Å²) in [6.45, 7) is 3.46. The van der Waals surface area contributed by atoms with Crippen LogP contribution in [0.1, 0.15) is 16.7 Å². The van der Waals surface area contributed by atoms with E-state index in [1.165, 1.54) is 16.9 Å². The Bertz CT molecular complexity index is 980. The minimum Gasteiger partial charge on any atom is -0.463 e. The number of piperidine rings is 1. The molecule has 1 N–H and O–H groups in total. The van der Waals surface area contributed by atoms with Gasteiger partial charge in [-0.15, -0.1) is 0 Å². The summed E-state index contributed by atoms with van der Waals surface area (Å²) in [6, 6.07) is 21.4. The number of fused-ring (bicyclic) bond motifs is 1. The van der Waals surface area contributed by atoms with E-state index in [4.69, 9.17) is 4.74 Å². The Kier molecular flexibility index (Phi) is 5.19. The van der Waals surface area contributed by atoms with E-state index in [0.29, 0.717) is 35.5 Å². The van der Waals surface area contributed by atoms with Crippen LogP contribution in [0.15, 0.2) is 77.5 Å². The minimum atomic E-state index is -1.76. The molecule has 154 valence electrons. The van der Waals surface area contributed by atoms with Crippen LogP contribution >= 0.6 is 11.3 Å². The van der Waals surface area contributed by atoms with Crippen LogP contribution in [-0.4, -0.2) is 35.7 Å². The van der Waals surface area contributed by atoms with E-state index in [0.717, 1.165) is 19.6 Å². The number of carbonyl (C=O) groups excluding carboxylic acids is 1. The second-order valence-electron chi connectivity index (χ2n) is 8.36. The molecular formula is C25H25NO3S. The van der Waals surface area contributed by atoms with Gasteiger partial charge in [0, 0.05) is 31.1 Å². The largest absolute Gasteiger partial charge is 0.463 e. The highest BCUT2D eigenvalue weighted by Crippen LogP contribution is 2.52. The second kappa shape index (κ2) is 7.99. The SMILES string of the molecule is O=C(OCC1C2CN(Cc3ccccc3)CC12)C(O)(c1ccccc1)c1ccsc1. The summed E-state index contributed by atoms with van der Waals surface area (Å²) < 4.78 is 5.70. The Hall–Kier alpha value is -2.47. The Morgan fingerprint density at radius 1 is 1.00 bits per heavy atom. The number of hydrogen-bond acceptors (Lipinski definition) is 5. The van der Waals surface area contributed by atoms with E-state index >= 15 is 0 Å². The molecule has 0 spiro atoms. The van der Waals surface area contributed by atoms with Crippen molar-refractivity contribution in [1.29, 1.82) is 0 Å². The van der Waals surface area contributed by atoms with Crippen LogP contribution in [0.3, 0.4) is 0 Å². The van der Waals surface area contributed by atoms with Crippen molar-refractivity contribution in [2.75, 3.05) is 19.7 Å². The first-order valence-electron chi connectivity index (χ1n) is 10.4. The highest BCUT2D eigenvalue weighted by Gasteiger charge is 2.56. The highest BCUT2D eigenvalue weighted by molar-refractivity contribution is 7.08. The lowest BCUT2D eigenvalue weighted by molar-refractivity contribution is -0.163.